The lowest BCUT2D eigenvalue weighted by atomic mass is 10.1. The Morgan fingerprint density at radius 2 is 1.56 bits per heavy atom. The molecule has 4 heteroatoms. The second-order valence-corrected chi connectivity index (χ2v) is 3.12. The van der Waals surface area contributed by atoms with Crippen LogP contribution in [0.3, 0.4) is 0 Å². The van der Waals surface area contributed by atoms with E-state index in [1.54, 1.807) is 36.7 Å². The number of hydrogen-bond acceptors (Lipinski definition) is 4. The van der Waals surface area contributed by atoms with Crippen molar-refractivity contribution in [2.24, 2.45) is 0 Å². The van der Waals surface area contributed by atoms with E-state index in [1.807, 2.05) is 12.1 Å². The zero-order chi connectivity index (χ0) is 11.2. The fourth-order valence-corrected chi connectivity index (χ4v) is 1.41. The molecule has 2 aromatic heterocycles. The summed E-state index contributed by atoms with van der Waals surface area (Å²) in [5.74, 6) is 0. The number of rotatable bonds is 4. The second-order valence-electron chi connectivity index (χ2n) is 3.12. The van der Waals surface area contributed by atoms with Crippen LogP contribution in [0.2, 0.25) is 0 Å². The van der Waals surface area contributed by atoms with E-state index in [0.717, 1.165) is 0 Å². The van der Waals surface area contributed by atoms with Crippen molar-refractivity contribution in [3.63, 3.8) is 0 Å². The van der Waals surface area contributed by atoms with Crippen LogP contribution in [0.1, 0.15) is 17.5 Å². The van der Waals surface area contributed by atoms with E-state index in [-0.39, 0.29) is 0 Å². The first-order valence-corrected chi connectivity index (χ1v) is 4.83. The monoisotopic (exact) mass is 214 g/mol. The molecule has 0 saturated heterocycles. The van der Waals surface area contributed by atoms with E-state index in [2.05, 4.69) is 9.97 Å². The Hall–Kier alpha value is -2.23. The summed E-state index contributed by atoms with van der Waals surface area (Å²) in [6.45, 7) is 0.411. The van der Waals surface area contributed by atoms with Gasteiger partial charge in [-0.1, -0.05) is 12.1 Å². The molecule has 0 bridgehead atoms. The Bertz CT molecular complexity index is 406. The molecule has 0 aliphatic carbocycles. The molecular weight excluding hydrogens is 204 g/mol. The Morgan fingerprint density at radius 3 is 1.94 bits per heavy atom. The molecular formula is C12H10N2O2. The summed E-state index contributed by atoms with van der Waals surface area (Å²) in [5.41, 5.74) is 1.32. The van der Waals surface area contributed by atoms with Crippen molar-refractivity contribution in [1.82, 2.24) is 9.97 Å². The van der Waals surface area contributed by atoms with Crippen molar-refractivity contribution < 1.29 is 9.53 Å². The van der Waals surface area contributed by atoms with Crippen LogP contribution in [0.4, 0.5) is 0 Å². The molecule has 0 aromatic carbocycles. The van der Waals surface area contributed by atoms with E-state index >= 15 is 0 Å². The predicted octanol–water partition coefficient (Wildman–Crippen LogP) is 1.74. The van der Waals surface area contributed by atoms with Crippen molar-refractivity contribution in [2.75, 3.05) is 0 Å². The number of carbonyl (C=O) groups excluding carboxylic acids is 1. The summed E-state index contributed by atoms with van der Waals surface area (Å²) in [6, 6.07) is 10.9. The molecule has 16 heavy (non-hydrogen) atoms. The number of ether oxygens (including phenoxy) is 1. The molecule has 0 atom stereocenters. The van der Waals surface area contributed by atoms with Gasteiger partial charge in [-0.05, 0) is 24.3 Å². The minimum Gasteiger partial charge on any atom is -0.451 e. The summed E-state index contributed by atoms with van der Waals surface area (Å²) in [7, 11) is 0. The smallest absolute Gasteiger partial charge is 0.294 e. The molecule has 0 radical (unpaired) electrons. The molecule has 0 spiro atoms. The summed E-state index contributed by atoms with van der Waals surface area (Å²) in [4.78, 5) is 18.8. The molecule has 80 valence electrons. The number of carbonyl (C=O) groups is 1. The van der Waals surface area contributed by atoms with Gasteiger partial charge in [0, 0.05) is 12.4 Å². The van der Waals surface area contributed by atoms with E-state index in [1.165, 1.54) is 0 Å². The number of pyridine rings is 2. The minimum atomic E-state index is -0.542. The third-order valence-electron chi connectivity index (χ3n) is 2.10. The van der Waals surface area contributed by atoms with Crippen molar-refractivity contribution in [3.05, 3.63) is 60.2 Å². The topological polar surface area (TPSA) is 52.1 Å². The van der Waals surface area contributed by atoms with Crippen molar-refractivity contribution in [3.8, 4) is 0 Å². The van der Waals surface area contributed by atoms with Crippen LogP contribution in [0.25, 0.3) is 0 Å². The molecule has 0 N–H and O–H groups in total. The lowest BCUT2D eigenvalue weighted by Crippen LogP contribution is -2.08. The Balaban J connectivity index is 2.35. The highest BCUT2D eigenvalue weighted by atomic mass is 16.5. The molecule has 2 heterocycles. The van der Waals surface area contributed by atoms with Gasteiger partial charge in [0.1, 0.15) is 0 Å². The summed E-state index contributed by atoms with van der Waals surface area (Å²) < 4.78 is 5.01. The van der Waals surface area contributed by atoms with Gasteiger partial charge in [0.25, 0.3) is 6.47 Å². The van der Waals surface area contributed by atoms with Gasteiger partial charge in [-0.3, -0.25) is 14.8 Å². The number of nitrogens with zero attached hydrogens (tertiary/aromatic N) is 2. The van der Waals surface area contributed by atoms with Gasteiger partial charge < -0.3 is 4.74 Å². The number of aromatic nitrogens is 2. The molecule has 0 aliphatic rings. The quantitative estimate of drug-likeness (QED) is 0.727. The van der Waals surface area contributed by atoms with Crippen LogP contribution in [-0.4, -0.2) is 16.4 Å². The van der Waals surface area contributed by atoms with Gasteiger partial charge in [-0.15, -0.1) is 0 Å². The van der Waals surface area contributed by atoms with Gasteiger partial charge in [0.2, 0.25) is 0 Å². The van der Waals surface area contributed by atoms with E-state index in [9.17, 15) is 4.79 Å². The highest BCUT2D eigenvalue weighted by Crippen LogP contribution is 2.20. The van der Waals surface area contributed by atoms with E-state index < -0.39 is 6.10 Å². The molecule has 0 amide bonds. The lowest BCUT2D eigenvalue weighted by molar-refractivity contribution is -0.132. The van der Waals surface area contributed by atoms with Crippen LogP contribution in [0, 0.1) is 0 Å². The molecule has 2 aromatic rings. The molecule has 2 rings (SSSR count). The van der Waals surface area contributed by atoms with Crippen LogP contribution in [0.15, 0.2) is 48.8 Å². The SMILES string of the molecule is O=COC(c1ccccn1)c1ccccn1. The van der Waals surface area contributed by atoms with Crippen molar-refractivity contribution >= 4 is 6.47 Å². The van der Waals surface area contributed by atoms with Crippen molar-refractivity contribution in [1.29, 1.82) is 0 Å². The van der Waals surface area contributed by atoms with Gasteiger partial charge in [0.05, 0.1) is 11.4 Å². The highest BCUT2D eigenvalue weighted by Gasteiger charge is 2.16. The van der Waals surface area contributed by atoms with E-state index in [4.69, 9.17) is 4.74 Å². The number of hydrogen-bond donors (Lipinski definition) is 0. The first-order chi connectivity index (χ1) is 7.92. The molecule has 0 aliphatic heterocycles. The predicted molar refractivity (Wildman–Crippen MR) is 57.5 cm³/mol. The third kappa shape index (κ3) is 2.23. The van der Waals surface area contributed by atoms with Crippen molar-refractivity contribution in [2.45, 2.75) is 6.10 Å². The summed E-state index contributed by atoms with van der Waals surface area (Å²) >= 11 is 0. The summed E-state index contributed by atoms with van der Waals surface area (Å²) in [5, 5.41) is 0. The zero-order valence-electron chi connectivity index (χ0n) is 8.48. The average molecular weight is 214 g/mol. The first-order valence-electron chi connectivity index (χ1n) is 4.83. The molecule has 0 fully saturated rings. The Labute approximate surface area is 92.9 Å². The van der Waals surface area contributed by atoms with Crippen LogP contribution >= 0.6 is 0 Å². The maximum absolute atomic E-state index is 10.5. The van der Waals surface area contributed by atoms with Crippen LogP contribution in [-0.2, 0) is 9.53 Å². The zero-order valence-corrected chi connectivity index (χ0v) is 8.48. The lowest BCUT2D eigenvalue weighted by Gasteiger charge is -2.13. The molecule has 0 unspecified atom stereocenters. The van der Waals surface area contributed by atoms with Gasteiger partial charge in [0.15, 0.2) is 6.10 Å². The average Bonchev–Trinajstić information content (AvgIpc) is 2.38. The van der Waals surface area contributed by atoms with Gasteiger partial charge >= 0.3 is 0 Å². The van der Waals surface area contributed by atoms with Gasteiger partial charge in [-0.2, -0.15) is 0 Å². The maximum atomic E-state index is 10.5. The first kappa shape index (κ1) is 10.3. The molecule has 4 nitrogen and oxygen atoms in total. The van der Waals surface area contributed by atoms with Crippen LogP contribution in [0.5, 0.6) is 0 Å². The minimum absolute atomic E-state index is 0.411. The standard InChI is InChI=1S/C12H10N2O2/c15-9-16-12(10-5-1-3-7-13-10)11-6-2-4-8-14-11/h1-9,12H. The Morgan fingerprint density at radius 1 is 1.00 bits per heavy atom. The van der Waals surface area contributed by atoms with Crippen LogP contribution < -0.4 is 0 Å². The summed E-state index contributed by atoms with van der Waals surface area (Å²) in [6.07, 6.45) is 2.76. The molecule has 0 saturated carbocycles. The maximum Gasteiger partial charge on any atom is 0.294 e. The largest absolute Gasteiger partial charge is 0.451 e. The fourth-order valence-electron chi connectivity index (χ4n) is 1.41. The normalized spacial score (nSPS) is 10.1. The second kappa shape index (κ2) is 5.02. The third-order valence-corrected chi connectivity index (χ3v) is 2.10. The van der Waals surface area contributed by atoms with Gasteiger partial charge in [-0.25, -0.2) is 0 Å². The Kier molecular flexibility index (Phi) is 3.23. The van der Waals surface area contributed by atoms with E-state index in [0.29, 0.717) is 17.9 Å². The highest BCUT2D eigenvalue weighted by molar-refractivity contribution is 5.39. The fraction of sp³-hybridized carbons (Fsp3) is 0.0833.